The second-order valence-electron chi connectivity index (χ2n) is 13.0. The van der Waals surface area contributed by atoms with E-state index in [0.29, 0.717) is 29.7 Å². The van der Waals surface area contributed by atoms with Gasteiger partial charge in [0.25, 0.3) is 0 Å². The third-order valence-corrected chi connectivity index (χ3v) is 7.49. The van der Waals surface area contributed by atoms with E-state index in [1.54, 1.807) is 34.6 Å². The van der Waals surface area contributed by atoms with E-state index in [4.69, 9.17) is 4.74 Å². The lowest BCUT2D eigenvalue weighted by molar-refractivity contribution is -0.0495. The lowest BCUT2D eigenvalue weighted by atomic mass is 9.90. The number of halogens is 3. The normalized spacial score (nSPS) is 14.0. The van der Waals surface area contributed by atoms with E-state index in [1.165, 1.54) is 29.8 Å². The SMILES string of the molecule is Cc1cc(-c2nn(C(=O)OC(C)(C)C)c3cc(C#N)c(-c4c(F)cccc4OC(F)F)cc23)cc2c1CCN(CC(C)(C)O)C2. The fourth-order valence-corrected chi connectivity index (χ4v) is 5.88. The quantitative estimate of drug-likeness (QED) is 0.243. The summed E-state index contributed by atoms with van der Waals surface area (Å²) in [6.45, 7) is 9.30. The van der Waals surface area contributed by atoms with E-state index in [0.717, 1.165) is 34.8 Å². The highest BCUT2D eigenvalue weighted by Crippen LogP contribution is 2.41. The molecule has 11 heteroatoms. The molecular weight excluding hydrogens is 585 g/mol. The average Bonchev–Trinajstić information content (AvgIpc) is 3.29. The van der Waals surface area contributed by atoms with Gasteiger partial charge in [0, 0.05) is 36.1 Å². The molecule has 1 aliphatic heterocycles. The van der Waals surface area contributed by atoms with Gasteiger partial charge in [-0.2, -0.15) is 23.8 Å². The van der Waals surface area contributed by atoms with Crippen LogP contribution in [0.5, 0.6) is 5.75 Å². The van der Waals surface area contributed by atoms with Crippen LogP contribution >= 0.6 is 0 Å². The minimum absolute atomic E-state index is 0.00905. The molecule has 0 atom stereocenters. The van der Waals surface area contributed by atoms with E-state index in [2.05, 4.69) is 14.7 Å². The van der Waals surface area contributed by atoms with Gasteiger partial charge < -0.3 is 14.6 Å². The summed E-state index contributed by atoms with van der Waals surface area (Å²) in [7, 11) is 0. The van der Waals surface area contributed by atoms with Crippen molar-refractivity contribution in [1.82, 2.24) is 14.7 Å². The third-order valence-electron chi connectivity index (χ3n) is 7.49. The minimum Gasteiger partial charge on any atom is -0.442 e. The molecular formula is C34H35F3N4O4. The van der Waals surface area contributed by atoms with Crippen molar-refractivity contribution in [2.24, 2.45) is 0 Å². The van der Waals surface area contributed by atoms with Gasteiger partial charge in [-0.15, -0.1) is 0 Å². The first-order valence-corrected chi connectivity index (χ1v) is 14.6. The van der Waals surface area contributed by atoms with E-state index in [-0.39, 0.29) is 22.2 Å². The van der Waals surface area contributed by atoms with Crippen LogP contribution < -0.4 is 4.74 Å². The number of carbonyl (C=O) groups is 1. The molecule has 2 heterocycles. The topological polar surface area (TPSA) is 101 Å². The van der Waals surface area contributed by atoms with Gasteiger partial charge in [0.1, 0.15) is 22.9 Å². The number of nitrogens with zero attached hydrogens (tertiary/aromatic N) is 4. The maximum atomic E-state index is 15.3. The van der Waals surface area contributed by atoms with Crippen molar-refractivity contribution < 1.29 is 32.5 Å². The Morgan fingerprint density at radius 1 is 1.16 bits per heavy atom. The number of ether oxygens (including phenoxy) is 2. The van der Waals surface area contributed by atoms with Crippen LogP contribution in [-0.4, -0.2) is 56.8 Å². The number of hydrogen-bond donors (Lipinski definition) is 1. The molecule has 1 aromatic heterocycles. The van der Waals surface area contributed by atoms with Crippen molar-refractivity contribution in [2.75, 3.05) is 13.1 Å². The predicted molar refractivity (Wildman–Crippen MR) is 164 cm³/mol. The summed E-state index contributed by atoms with van der Waals surface area (Å²) >= 11 is 0. The highest BCUT2D eigenvalue weighted by atomic mass is 19.3. The van der Waals surface area contributed by atoms with Crippen LogP contribution in [0.15, 0.2) is 42.5 Å². The van der Waals surface area contributed by atoms with Gasteiger partial charge in [0.2, 0.25) is 0 Å². The molecule has 0 aliphatic carbocycles. The lowest BCUT2D eigenvalue weighted by Crippen LogP contribution is -2.41. The summed E-state index contributed by atoms with van der Waals surface area (Å²) in [6.07, 6.45) is 0.00886. The Bertz CT molecular complexity index is 1830. The Hall–Kier alpha value is -4.40. The molecule has 0 unspecified atom stereocenters. The van der Waals surface area contributed by atoms with Crippen molar-refractivity contribution in [3.05, 3.63) is 70.5 Å². The fraction of sp³-hybridized carbons (Fsp3) is 0.382. The standard InChI is InChI=1S/C34H35F3N4O4/c1-19-12-20(13-22-17-40(11-10-23(19)22)18-34(5,6)43)30-25-15-24(29-26(35)8-7-9-28(29)44-31(36)37)21(16-38)14-27(25)41(39-30)32(42)45-33(2,3)4/h7-9,12-15,31,43H,10-11,17-18H2,1-6H3. The van der Waals surface area contributed by atoms with Gasteiger partial charge in [-0.25, -0.2) is 9.18 Å². The van der Waals surface area contributed by atoms with Crippen LogP contribution in [0, 0.1) is 24.1 Å². The zero-order valence-corrected chi connectivity index (χ0v) is 26.0. The predicted octanol–water partition coefficient (Wildman–Crippen LogP) is 7.20. The Balaban J connectivity index is 1.75. The van der Waals surface area contributed by atoms with Gasteiger partial charge in [-0.1, -0.05) is 6.07 Å². The maximum Gasteiger partial charge on any atom is 0.435 e. The molecule has 5 rings (SSSR count). The Morgan fingerprint density at radius 3 is 2.53 bits per heavy atom. The van der Waals surface area contributed by atoms with Crippen molar-refractivity contribution in [3.8, 4) is 34.2 Å². The van der Waals surface area contributed by atoms with E-state index >= 15 is 4.39 Å². The van der Waals surface area contributed by atoms with Crippen LogP contribution in [0.1, 0.15) is 56.9 Å². The zero-order valence-electron chi connectivity index (χ0n) is 26.0. The summed E-state index contributed by atoms with van der Waals surface area (Å²) < 4.78 is 53.2. The van der Waals surface area contributed by atoms with E-state index < -0.39 is 35.5 Å². The molecule has 0 saturated carbocycles. The number of β-amino-alcohol motifs (C(OH)–C–C–N with tert-alkyl or cyclic N) is 1. The molecule has 3 aromatic carbocycles. The summed E-state index contributed by atoms with van der Waals surface area (Å²) in [4.78, 5) is 15.5. The van der Waals surface area contributed by atoms with E-state index in [9.17, 15) is 23.9 Å². The van der Waals surface area contributed by atoms with Crippen LogP contribution in [-0.2, 0) is 17.7 Å². The zero-order chi connectivity index (χ0) is 32.8. The Morgan fingerprint density at radius 2 is 1.89 bits per heavy atom. The number of aliphatic hydroxyl groups is 1. The molecule has 1 N–H and O–H groups in total. The van der Waals surface area contributed by atoms with Crippen LogP contribution in [0.25, 0.3) is 33.3 Å². The molecule has 4 aromatic rings. The van der Waals surface area contributed by atoms with Crippen LogP contribution in [0.2, 0.25) is 0 Å². The molecule has 1 aliphatic rings. The number of rotatable bonds is 6. The molecule has 0 radical (unpaired) electrons. The van der Waals surface area contributed by atoms with Crippen molar-refractivity contribution in [1.29, 1.82) is 5.26 Å². The second-order valence-corrected chi connectivity index (χ2v) is 13.0. The first-order chi connectivity index (χ1) is 21.0. The highest BCUT2D eigenvalue weighted by molar-refractivity contribution is 6.01. The Labute approximate surface area is 259 Å². The Kier molecular flexibility index (Phi) is 8.42. The first-order valence-electron chi connectivity index (χ1n) is 14.6. The highest BCUT2D eigenvalue weighted by Gasteiger charge is 2.28. The molecule has 0 amide bonds. The van der Waals surface area contributed by atoms with Crippen molar-refractivity contribution in [2.45, 2.75) is 72.3 Å². The van der Waals surface area contributed by atoms with Gasteiger partial charge >= 0.3 is 12.7 Å². The average molecular weight is 621 g/mol. The van der Waals surface area contributed by atoms with Gasteiger partial charge in [0.05, 0.1) is 28.3 Å². The van der Waals surface area contributed by atoms with Gasteiger partial charge in [-0.3, -0.25) is 4.90 Å². The number of benzene rings is 3. The van der Waals surface area contributed by atoms with Crippen molar-refractivity contribution in [3.63, 3.8) is 0 Å². The molecule has 0 saturated heterocycles. The monoisotopic (exact) mass is 620 g/mol. The van der Waals surface area contributed by atoms with Crippen LogP contribution in [0.3, 0.4) is 0 Å². The van der Waals surface area contributed by atoms with Crippen LogP contribution in [0.4, 0.5) is 18.0 Å². The maximum absolute atomic E-state index is 15.3. The summed E-state index contributed by atoms with van der Waals surface area (Å²) in [5, 5.41) is 25.5. The number of aryl methyl sites for hydroxylation is 1. The molecule has 45 heavy (non-hydrogen) atoms. The van der Waals surface area contributed by atoms with Gasteiger partial charge in [-0.05, 0) is 101 Å². The summed E-state index contributed by atoms with van der Waals surface area (Å²) in [6, 6.07) is 12.3. The second kappa shape index (κ2) is 11.8. The number of alkyl halides is 2. The summed E-state index contributed by atoms with van der Waals surface area (Å²) in [5.74, 6) is -1.29. The summed E-state index contributed by atoms with van der Waals surface area (Å²) in [5.41, 5.74) is 2.39. The smallest absolute Gasteiger partial charge is 0.435 e. The lowest BCUT2D eigenvalue weighted by Gasteiger charge is -2.34. The molecule has 236 valence electrons. The number of aromatic nitrogens is 2. The number of fused-ring (bicyclic) bond motifs is 2. The fourth-order valence-electron chi connectivity index (χ4n) is 5.88. The number of hydrogen-bond acceptors (Lipinski definition) is 7. The first kappa shape index (κ1) is 32.0. The minimum atomic E-state index is -3.22. The number of nitriles is 1. The van der Waals surface area contributed by atoms with E-state index in [1.807, 2.05) is 25.1 Å². The molecule has 8 nitrogen and oxygen atoms in total. The van der Waals surface area contributed by atoms with Gasteiger partial charge in [0.15, 0.2) is 0 Å². The molecule has 0 spiro atoms. The third kappa shape index (κ3) is 6.82. The van der Waals surface area contributed by atoms with Crippen molar-refractivity contribution >= 4 is 17.0 Å². The largest absolute Gasteiger partial charge is 0.442 e. The number of carbonyl (C=O) groups excluding carboxylic acids is 1. The molecule has 0 fully saturated rings. The molecule has 0 bridgehead atoms.